The average Bonchev–Trinajstić information content (AvgIpc) is 2.49. The highest BCUT2D eigenvalue weighted by molar-refractivity contribution is 7.39. The van der Waals surface area contributed by atoms with E-state index in [-0.39, 0.29) is 6.04 Å². The van der Waals surface area contributed by atoms with E-state index in [4.69, 9.17) is 4.52 Å². The molecule has 0 saturated heterocycles. The van der Waals surface area contributed by atoms with Crippen molar-refractivity contribution in [2.24, 2.45) is 0 Å². The van der Waals surface area contributed by atoms with E-state index in [1.54, 1.807) is 0 Å². The van der Waals surface area contributed by atoms with Crippen LogP contribution in [0.3, 0.4) is 0 Å². The van der Waals surface area contributed by atoms with Gasteiger partial charge in [0.2, 0.25) is 6.29 Å². The number of benzene rings is 2. The molecule has 1 atom stereocenters. The molecule has 0 aliphatic rings. The molecule has 2 aromatic carbocycles. The highest BCUT2D eigenvalue weighted by Crippen LogP contribution is 2.25. The van der Waals surface area contributed by atoms with Gasteiger partial charge < -0.3 is 0 Å². The van der Waals surface area contributed by atoms with Gasteiger partial charge in [-0.25, -0.2) is 0 Å². The Morgan fingerprint density at radius 2 is 1.47 bits per heavy atom. The maximum absolute atomic E-state index is 11.4. The third-order valence-corrected chi connectivity index (χ3v) is 3.74. The molecule has 0 aliphatic carbocycles. The second-order valence-corrected chi connectivity index (χ2v) is 5.48. The van der Waals surface area contributed by atoms with E-state index in [0.717, 1.165) is 11.1 Å². The highest BCUT2D eigenvalue weighted by Gasteiger charge is 2.20. The average molecular weight is 274 g/mol. The van der Waals surface area contributed by atoms with Crippen LogP contribution in [0.1, 0.15) is 17.2 Å². The Hall–Kier alpha value is -1.54. The summed E-state index contributed by atoms with van der Waals surface area (Å²) < 4.78 is 16.3. The fourth-order valence-corrected chi connectivity index (χ4v) is 2.41. The van der Waals surface area contributed by atoms with Crippen molar-refractivity contribution in [1.82, 2.24) is 5.32 Å². The van der Waals surface area contributed by atoms with Crippen molar-refractivity contribution in [3.63, 3.8) is 0 Å². The molecule has 1 unspecified atom stereocenters. The van der Waals surface area contributed by atoms with Crippen molar-refractivity contribution >= 4 is 8.03 Å². The predicted molar refractivity (Wildman–Crippen MR) is 77.3 cm³/mol. The number of rotatable bonds is 6. The van der Waals surface area contributed by atoms with Crippen LogP contribution in [0.15, 0.2) is 60.7 Å². The summed E-state index contributed by atoms with van der Waals surface area (Å²) in [5, 5.41) is 3.29. The first-order chi connectivity index (χ1) is 9.31. The Labute approximate surface area is 114 Å². The Balaban J connectivity index is 2.21. The minimum atomic E-state index is -1.65. The zero-order chi connectivity index (χ0) is 13.5. The van der Waals surface area contributed by atoms with Gasteiger partial charge in [-0.3, -0.25) is 5.32 Å². The quantitative estimate of drug-likeness (QED) is 0.816. The van der Waals surface area contributed by atoms with E-state index in [1.807, 2.05) is 36.4 Å². The summed E-state index contributed by atoms with van der Waals surface area (Å²) >= 11 is 0. The van der Waals surface area contributed by atoms with Gasteiger partial charge in [-0.05, 0) is 15.7 Å². The predicted octanol–water partition coefficient (Wildman–Crippen LogP) is 3.71. The van der Waals surface area contributed by atoms with E-state index >= 15 is 0 Å². The molecule has 19 heavy (non-hydrogen) atoms. The van der Waals surface area contributed by atoms with E-state index in [1.165, 1.54) is 7.11 Å². The molecule has 0 heterocycles. The van der Waals surface area contributed by atoms with E-state index in [0.29, 0.717) is 6.29 Å². The lowest BCUT2D eigenvalue weighted by Crippen LogP contribution is -2.22. The van der Waals surface area contributed by atoms with Gasteiger partial charge in [0.05, 0.1) is 13.2 Å². The van der Waals surface area contributed by atoms with Gasteiger partial charge in [0, 0.05) is 0 Å². The van der Waals surface area contributed by atoms with Gasteiger partial charge in [0.25, 0.3) is 0 Å². The van der Waals surface area contributed by atoms with Crippen LogP contribution in [0.25, 0.3) is 0 Å². The lowest BCUT2D eigenvalue weighted by molar-refractivity contribution is 0.409. The normalized spacial score (nSPS) is 11.6. The SMILES string of the molecule is CO[P+](=O)CNC(c1ccccc1)c1ccccc1. The monoisotopic (exact) mass is 274 g/mol. The van der Waals surface area contributed by atoms with Crippen LogP contribution in [-0.4, -0.2) is 13.4 Å². The molecular weight excluding hydrogens is 257 g/mol. The molecule has 0 amide bonds. The molecule has 2 rings (SSSR count). The van der Waals surface area contributed by atoms with Crippen LogP contribution < -0.4 is 5.32 Å². The van der Waals surface area contributed by atoms with Gasteiger partial charge in [-0.1, -0.05) is 60.7 Å². The van der Waals surface area contributed by atoms with Crippen molar-refractivity contribution in [1.29, 1.82) is 0 Å². The van der Waals surface area contributed by atoms with Crippen molar-refractivity contribution in [2.45, 2.75) is 6.04 Å². The number of hydrogen-bond acceptors (Lipinski definition) is 3. The van der Waals surface area contributed by atoms with Crippen molar-refractivity contribution < 1.29 is 9.09 Å². The molecule has 3 nitrogen and oxygen atoms in total. The Kier molecular flexibility index (Phi) is 5.22. The maximum atomic E-state index is 11.4. The second kappa shape index (κ2) is 7.15. The zero-order valence-corrected chi connectivity index (χ0v) is 11.7. The highest BCUT2D eigenvalue weighted by atomic mass is 31.1. The van der Waals surface area contributed by atoms with Gasteiger partial charge in [-0.15, -0.1) is 4.52 Å². The first-order valence-electron chi connectivity index (χ1n) is 6.13. The first-order valence-corrected chi connectivity index (χ1v) is 7.49. The molecule has 0 aliphatic heterocycles. The Morgan fingerprint density at radius 3 is 1.89 bits per heavy atom. The Morgan fingerprint density at radius 1 is 1.00 bits per heavy atom. The van der Waals surface area contributed by atoms with E-state index in [2.05, 4.69) is 29.6 Å². The summed E-state index contributed by atoms with van der Waals surface area (Å²) in [4.78, 5) is 0. The number of hydrogen-bond donors (Lipinski definition) is 1. The lowest BCUT2D eigenvalue weighted by atomic mass is 9.99. The fourth-order valence-electron chi connectivity index (χ4n) is 1.95. The van der Waals surface area contributed by atoms with Crippen LogP contribution in [0.5, 0.6) is 0 Å². The molecule has 0 aromatic heterocycles. The summed E-state index contributed by atoms with van der Waals surface area (Å²) in [7, 11) is -0.194. The second-order valence-electron chi connectivity index (χ2n) is 4.13. The van der Waals surface area contributed by atoms with Crippen molar-refractivity contribution in [3.8, 4) is 0 Å². The molecule has 0 saturated carbocycles. The third kappa shape index (κ3) is 3.97. The number of nitrogens with one attached hydrogen (secondary N) is 1. The maximum Gasteiger partial charge on any atom is 0.523 e. The zero-order valence-electron chi connectivity index (χ0n) is 10.8. The third-order valence-electron chi connectivity index (χ3n) is 2.89. The smallest absolute Gasteiger partial charge is 0.263 e. The van der Waals surface area contributed by atoms with Crippen molar-refractivity contribution in [3.05, 3.63) is 71.8 Å². The van der Waals surface area contributed by atoms with E-state index in [9.17, 15) is 4.57 Å². The molecule has 4 heteroatoms. The van der Waals surface area contributed by atoms with Crippen LogP contribution in [-0.2, 0) is 9.09 Å². The molecule has 0 spiro atoms. The minimum absolute atomic E-state index is 0.0245. The summed E-state index contributed by atoms with van der Waals surface area (Å²) in [6, 6.07) is 20.3. The molecule has 0 bridgehead atoms. The van der Waals surface area contributed by atoms with Gasteiger partial charge >= 0.3 is 8.03 Å². The topological polar surface area (TPSA) is 38.3 Å². The lowest BCUT2D eigenvalue weighted by Gasteiger charge is -2.17. The van der Waals surface area contributed by atoms with Crippen LogP contribution in [0, 0.1) is 0 Å². The summed E-state index contributed by atoms with van der Waals surface area (Å²) in [6.07, 6.45) is 0.334. The molecule has 98 valence electrons. The molecule has 1 N–H and O–H groups in total. The van der Waals surface area contributed by atoms with Crippen LogP contribution >= 0.6 is 8.03 Å². The molecule has 2 aromatic rings. The standard InChI is InChI=1S/C15H17NO2P/c1-18-19(17)12-16-15(13-8-4-2-5-9-13)14-10-6-3-7-11-14/h2-11,15-16H,12H2,1H3/q+1. The first kappa shape index (κ1) is 13.9. The summed E-state index contributed by atoms with van der Waals surface area (Å²) in [5.41, 5.74) is 2.29. The molecular formula is C15H17NO2P+. The largest absolute Gasteiger partial charge is 0.523 e. The van der Waals surface area contributed by atoms with Gasteiger partial charge in [-0.2, -0.15) is 0 Å². The van der Waals surface area contributed by atoms with Gasteiger partial charge in [0.15, 0.2) is 0 Å². The van der Waals surface area contributed by atoms with Crippen LogP contribution in [0.2, 0.25) is 0 Å². The van der Waals surface area contributed by atoms with E-state index < -0.39 is 8.03 Å². The Bertz CT molecular complexity index is 477. The van der Waals surface area contributed by atoms with Crippen molar-refractivity contribution in [2.75, 3.05) is 13.4 Å². The minimum Gasteiger partial charge on any atom is -0.263 e. The summed E-state index contributed by atoms with van der Waals surface area (Å²) in [6.45, 7) is 0. The molecule has 0 fully saturated rings. The fraction of sp³-hybridized carbons (Fsp3) is 0.200. The summed E-state index contributed by atoms with van der Waals surface area (Å²) in [5.74, 6) is 0. The van der Waals surface area contributed by atoms with Crippen LogP contribution in [0.4, 0.5) is 0 Å². The van der Waals surface area contributed by atoms with Gasteiger partial charge in [0.1, 0.15) is 0 Å². The molecule has 0 radical (unpaired) electrons.